The normalized spacial score (nSPS) is 25.4. The van der Waals surface area contributed by atoms with E-state index >= 15 is 0 Å². The first-order chi connectivity index (χ1) is 17.3. The fourth-order valence-electron chi connectivity index (χ4n) is 5.60. The van der Waals surface area contributed by atoms with Crippen molar-refractivity contribution in [2.24, 2.45) is 11.3 Å². The molecule has 1 saturated heterocycles. The minimum absolute atomic E-state index is 0.0412. The summed E-state index contributed by atoms with van der Waals surface area (Å²) in [7, 11) is -3.49. The third kappa shape index (κ3) is 5.99. The van der Waals surface area contributed by atoms with Crippen molar-refractivity contribution in [2.45, 2.75) is 69.7 Å². The first-order valence-corrected chi connectivity index (χ1v) is 15.1. The molecule has 37 heavy (non-hydrogen) atoms. The van der Waals surface area contributed by atoms with Crippen molar-refractivity contribution < 1.29 is 23.1 Å². The van der Waals surface area contributed by atoms with E-state index in [4.69, 9.17) is 23.2 Å². The molecule has 1 aliphatic carbocycles. The van der Waals surface area contributed by atoms with E-state index in [1.165, 1.54) is 0 Å². The lowest BCUT2D eigenvalue weighted by Gasteiger charge is -2.52. The lowest BCUT2D eigenvalue weighted by atomic mass is 9.67. The number of carbonyl (C=O) groups excluding carboxylic acids is 1. The van der Waals surface area contributed by atoms with Crippen LogP contribution in [0, 0.1) is 11.3 Å². The Labute approximate surface area is 228 Å². The van der Waals surface area contributed by atoms with Crippen molar-refractivity contribution in [1.29, 1.82) is 0 Å². The van der Waals surface area contributed by atoms with Gasteiger partial charge in [-0.2, -0.15) is 0 Å². The summed E-state index contributed by atoms with van der Waals surface area (Å²) < 4.78 is 26.4. The molecule has 4 atom stereocenters. The molecule has 6 nitrogen and oxygen atoms in total. The second kappa shape index (κ2) is 10.6. The number of benzene rings is 2. The first-order valence-electron chi connectivity index (χ1n) is 12.6. The topological polar surface area (TPSA) is 91.8 Å². The van der Waals surface area contributed by atoms with Gasteiger partial charge in [0.05, 0.1) is 28.9 Å². The molecular formula is C28H33Cl2NO5S. The van der Waals surface area contributed by atoms with E-state index in [9.17, 15) is 23.1 Å². The van der Waals surface area contributed by atoms with Gasteiger partial charge in [0.15, 0.2) is 9.84 Å². The van der Waals surface area contributed by atoms with E-state index < -0.39 is 38.6 Å². The predicted octanol–water partition coefficient (Wildman–Crippen LogP) is 6.13. The molecule has 200 valence electrons. The number of amides is 1. The highest BCUT2D eigenvalue weighted by Gasteiger charge is 2.55. The summed E-state index contributed by atoms with van der Waals surface area (Å²) in [6.07, 6.45) is 1.59. The highest BCUT2D eigenvalue weighted by molar-refractivity contribution is 7.92. The molecule has 1 heterocycles. The highest BCUT2D eigenvalue weighted by Crippen LogP contribution is 2.54. The van der Waals surface area contributed by atoms with Gasteiger partial charge in [0, 0.05) is 22.0 Å². The van der Waals surface area contributed by atoms with E-state index in [0.717, 1.165) is 24.0 Å². The average Bonchev–Trinajstić information content (AvgIpc) is 3.65. The summed E-state index contributed by atoms with van der Waals surface area (Å²) in [4.78, 5) is 28.0. The Morgan fingerprint density at radius 1 is 1.08 bits per heavy atom. The van der Waals surface area contributed by atoms with Gasteiger partial charge in [0.25, 0.3) is 0 Å². The lowest BCUT2D eigenvalue weighted by molar-refractivity contribution is -0.160. The molecular weight excluding hydrogens is 533 g/mol. The number of nitrogens with zero attached hydrogens (tertiary/aromatic N) is 1. The third-order valence-electron chi connectivity index (χ3n) is 7.78. The zero-order chi connectivity index (χ0) is 27.1. The van der Waals surface area contributed by atoms with Crippen molar-refractivity contribution in [2.75, 3.05) is 5.75 Å². The van der Waals surface area contributed by atoms with Crippen LogP contribution in [0.15, 0.2) is 48.5 Å². The molecule has 0 radical (unpaired) electrons. The van der Waals surface area contributed by atoms with Crippen LogP contribution >= 0.6 is 23.2 Å². The Morgan fingerprint density at radius 2 is 1.73 bits per heavy atom. The van der Waals surface area contributed by atoms with Gasteiger partial charge < -0.3 is 10.0 Å². The van der Waals surface area contributed by atoms with Crippen LogP contribution in [0.4, 0.5) is 0 Å². The molecule has 2 aromatic carbocycles. The summed E-state index contributed by atoms with van der Waals surface area (Å²) in [5.74, 6) is -1.80. The number of carbonyl (C=O) groups is 2. The van der Waals surface area contributed by atoms with Gasteiger partial charge in [0.2, 0.25) is 5.91 Å². The van der Waals surface area contributed by atoms with Crippen molar-refractivity contribution in [3.05, 3.63) is 69.7 Å². The average molecular weight is 567 g/mol. The number of halogens is 2. The van der Waals surface area contributed by atoms with Gasteiger partial charge in [-0.05, 0) is 74.4 Å². The van der Waals surface area contributed by atoms with Gasteiger partial charge in [0.1, 0.15) is 0 Å². The van der Waals surface area contributed by atoms with E-state index in [1.54, 1.807) is 43.9 Å². The number of piperidine rings is 1. The molecule has 2 fully saturated rings. The van der Waals surface area contributed by atoms with Crippen LogP contribution in [-0.2, 0) is 19.4 Å². The van der Waals surface area contributed by atoms with Gasteiger partial charge in [-0.3, -0.25) is 9.59 Å². The quantitative estimate of drug-likeness (QED) is 0.394. The molecule has 2 aromatic rings. The number of carboxylic acid groups (broad SMARTS) is 1. The predicted molar refractivity (Wildman–Crippen MR) is 146 cm³/mol. The van der Waals surface area contributed by atoms with Gasteiger partial charge in [-0.1, -0.05) is 54.4 Å². The molecule has 2 aliphatic rings. The second-order valence-corrected chi connectivity index (χ2v) is 14.5. The Balaban J connectivity index is 1.93. The van der Waals surface area contributed by atoms with Gasteiger partial charge in [-0.15, -0.1) is 0 Å². The van der Waals surface area contributed by atoms with E-state index in [0.29, 0.717) is 10.0 Å². The fourth-order valence-corrected chi connectivity index (χ4v) is 7.22. The molecule has 4 rings (SSSR count). The van der Waals surface area contributed by atoms with E-state index in [2.05, 4.69) is 0 Å². The molecule has 0 spiro atoms. The zero-order valence-corrected chi connectivity index (χ0v) is 23.6. The molecule has 1 amide bonds. The molecule has 9 heteroatoms. The number of likely N-dealkylation sites (tertiary alicyclic amines) is 1. The highest BCUT2D eigenvalue weighted by atomic mass is 35.5. The molecule has 1 N–H and O–H groups in total. The first kappa shape index (κ1) is 27.9. The third-order valence-corrected chi connectivity index (χ3v) is 10.5. The minimum atomic E-state index is -3.49. The smallest absolute Gasteiger partial charge is 0.304 e. The van der Waals surface area contributed by atoms with Crippen LogP contribution in [0.5, 0.6) is 0 Å². The Bertz CT molecular complexity index is 1280. The van der Waals surface area contributed by atoms with Crippen LogP contribution in [0.25, 0.3) is 0 Å². The fraction of sp³-hybridized carbons (Fsp3) is 0.500. The standard InChI is InChI=1S/C28H33Cl2NO5S/c1-17(2)37(35,36)16-24(18-7-8-18)31-26(19-9-11-21(29)12-10-19)23(20-5-4-6-22(30)13-20)14-28(3,27(31)34)15-25(32)33/h4-6,9-13,17-18,23-24,26H,7-8,14-16H2,1-3H3,(H,32,33)/t23?,24-,26-,28-/m1/s1. The van der Waals surface area contributed by atoms with E-state index in [-0.39, 0.29) is 36.3 Å². The summed E-state index contributed by atoms with van der Waals surface area (Å²) in [5, 5.41) is 10.3. The Hall–Kier alpha value is -2.09. The summed E-state index contributed by atoms with van der Waals surface area (Å²) in [6.45, 7) is 4.99. The number of sulfone groups is 1. The van der Waals surface area contributed by atoms with Crippen molar-refractivity contribution in [1.82, 2.24) is 4.90 Å². The van der Waals surface area contributed by atoms with Crippen molar-refractivity contribution in [3.8, 4) is 0 Å². The maximum absolute atomic E-state index is 14.3. The molecule has 0 aromatic heterocycles. The number of carboxylic acids is 1. The lowest BCUT2D eigenvalue weighted by Crippen LogP contribution is -2.58. The van der Waals surface area contributed by atoms with Crippen molar-refractivity contribution >= 4 is 44.9 Å². The molecule has 1 saturated carbocycles. The molecule has 1 aliphatic heterocycles. The maximum atomic E-state index is 14.3. The van der Waals surface area contributed by atoms with Crippen LogP contribution in [0.1, 0.15) is 69.5 Å². The van der Waals surface area contributed by atoms with Crippen LogP contribution < -0.4 is 0 Å². The number of hydrogen-bond acceptors (Lipinski definition) is 4. The summed E-state index contributed by atoms with van der Waals surface area (Å²) >= 11 is 12.6. The van der Waals surface area contributed by atoms with Gasteiger partial charge in [-0.25, -0.2) is 8.42 Å². The van der Waals surface area contributed by atoms with Crippen molar-refractivity contribution in [3.63, 3.8) is 0 Å². The van der Waals surface area contributed by atoms with Crippen LogP contribution in [-0.4, -0.2) is 47.3 Å². The minimum Gasteiger partial charge on any atom is -0.481 e. The van der Waals surface area contributed by atoms with Crippen LogP contribution in [0.2, 0.25) is 10.0 Å². The zero-order valence-electron chi connectivity index (χ0n) is 21.2. The Morgan fingerprint density at radius 3 is 2.27 bits per heavy atom. The SMILES string of the molecule is CC(C)S(=O)(=O)C[C@H](C1CC1)N1C(=O)[C@@](C)(CC(=O)O)CC(c2cccc(Cl)c2)[C@H]1c1ccc(Cl)cc1. The Kier molecular flexibility index (Phi) is 7.99. The van der Waals surface area contributed by atoms with Gasteiger partial charge >= 0.3 is 5.97 Å². The number of rotatable bonds is 9. The van der Waals surface area contributed by atoms with E-state index in [1.807, 2.05) is 30.3 Å². The molecule has 1 unspecified atom stereocenters. The summed E-state index contributed by atoms with van der Waals surface area (Å²) in [5.41, 5.74) is 0.492. The monoisotopic (exact) mass is 565 g/mol. The number of aliphatic carboxylic acids is 1. The second-order valence-electron chi connectivity index (χ2n) is 11.0. The maximum Gasteiger partial charge on any atom is 0.304 e. The van der Waals surface area contributed by atoms with Crippen LogP contribution in [0.3, 0.4) is 0 Å². The molecule has 0 bridgehead atoms. The largest absolute Gasteiger partial charge is 0.481 e. The summed E-state index contributed by atoms with van der Waals surface area (Å²) in [6, 6.07) is 13.6. The number of hydrogen-bond donors (Lipinski definition) is 1.